The third-order valence-electron chi connectivity index (χ3n) is 3.50. The number of aliphatic imine (C=N–C) groups is 1. The molecule has 1 aliphatic heterocycles. The van der Waals surface area contributed by atoms with Crippen LogP contribution in [0.15, 0.2) is 40.8 Å². The van der Waals surface area contributed by atoms with Gasteiger partial charge in [0.2, 0.25) is 0 Å². The molecule has 3 heterocycles. The standard InChI is InChI=1S/C15H15N5S/c1-2-4-12-10(3-1)11(7-18-12)13-9-21-14(20-13)8-19-15-16-5-6-17-15/h1-4,7,9,18H,5-6,8H2,(H2,16,17,19). The topological polar surface area (TPSA) is 65.1 Å². The van der Waals surface area contributed by atoms with Crippen LogP contribution in [0.4, 0.5) is 0 Å². The number of guanidine groups is 1. The molecule has 0 spiro atoms. The molecule has 3 N–H and O–H groups in total. The quantitative estimate of drug-likeness (QED) is 0.695. The predicted octanol–water partition coefficient (Wildman–Crippen LogP) is 2.34. The minimum atomic E-state index is 0.707. The van der Waals surface area contributed by atoms with E-state index in [-0.39, 0.29) is 0 Å². The van der Waals surface area contributed by atoms with Gasteiger partial charge in [0.25, 0.3) is 0 Å². The zero-order valence-electron chi connectivity index (χ0n) is 11.4. The van der Waals surface area contributed by atoms with E-state index in [2.05, 4.69) is 44.2 Å². The summed E-state index contributed by atoms with van der Waals surface area (Å²) >= 11 is 1.67. The smallest absolute Gasteiger partial charge is 0.191 e. The van der Waals surface area contributed by atoms with Crippen LogP contribution in [0.2, 0.25) is 0 Å². The summed E-state index contributed by atoms with van der Waals surface area (Å²) in [5.41, 5.74) is 3.32. The number of benzene rings is 1. The van der Waals surface area contributed by atoms with Gasteiger partial charge in [-0.2, -0.15) is 0 Å². The van der Waals surface area contributed by atoms with Crippen molar-refractivity contribution >= 4 is 28.2 Å². The molecule has 0 amide bonds. The average molecular weight is 297 g/mol. The highest BCUT2D eigenvalue weighted by molar-refractivity contribution is 7.09. The second-order valence-electron chi connectivity index (χ2n) is 4.89. The number of aromatic amines is 1. The number of H-pyrrole nitrogens is 1. The van der Waals surface area contributed by atoms with Crippen molar-refractivity contribution in [2.45, 2.75) is 6.54 Å². The molecule has 3 aromatic rings. The van der Waals surface area contributed by atoms with Crippen LogP contribution in [0.5, 0.6) is 0 Å². The Balaban J connectivity index is 1.56. The maximum atomic E-state index is 4.72. The predicted molar refractivity (Wildman–Crippen MR) is 86.6 cm³/mol. The van der Waals surface area contributed by atoms with E-state index in [1.165, 1.54) is 5.39 Å². The largest absolute Gasteiger partial charge is 0.360 e. The van der Waals surface area contributed by atoms with Crippen LogP contribution >= 0.6 is 11.3 Å². The van der Waals surface area contributed by atoms with Gasteiger partial charge in [-0.15, -0.1) is 11.3 Å². The van der Waals surface area contributed by atoms with E-state index in [1.54, 1.807) is 11.3 Å². The first-order valence-electron chi connectivity index (χ1n) is 6.93. The number of nitrogens with one attached hydrogen (secondary N) is 3. The number of thiazole rings is 1. The van der Waals surface area contributed by atoms with Gasteiger partial charge in [-0.05, 0) is 6.07 Å². The highest BCUT2D eigenvalue weighted by atomic mass is 32.1. The highest BCUT2D eigenvalue weighted by Gasteiger charge is 2.10. The first-order valence-corrected chi connectivity index (χ1v) is 7.81. The van der Waals surface area contributed by atoms with Gasteiger partial charge in [0.15, 0.2) is 5.96 Å². The number of nitrogens with zero attached hydrogens (tertiary/aromatic N) is 2. The summed E-state index contributed by atoms with van der Waals surface area (Å²) in [6, 6.07) is 8.29. The fraction of sp³-hybridized carbons (Fsp3) is 0.200. The van der Waals surface area contributed by atoms with Crippen LogP contribution in [-0.4, -0.2) is 29.0 Å². The van der Waals surface area contributed by atoms with Crippen molar-refractivity contribution in [3.8, 4) is 11.3 Å². The van der Waals surface area contributed by atoms with Crippen molar-refractivity contribution in [3.05, 3.63) is 40.8 Å². The van der Waals surface area contributed by atoms with Crippen molar-refractivity contribution in [3.63, 3.8) is 0 Å². The molecule has 1 aromatic carbocycles. The second-order valence-corrected chi connectivity index (χ2v) is 5.83. The molecule has 5 nitrogen and oxygen atoms in total. The molecule has 1 aliphatic rings. The van der Waals surface area contributed by atoms with Crippen LogP contribution < -0.4 is 10.6 Å². The van der Waals surface area contributed by atoms with Gasteiger partial charge in [0, 0.05) is 34.6 Å². The monoisotopic (exact) mass is 297 g/mol. The molecule has 0 saturated heterocycles. The molecule has 2 aromatic heterocycles. The van der Waals surface area contributed by atoms with Crippen LogP contribution in [0.25, 0.3) is 22.2 Å². The van der Waals surface area contributed by atoms with E-state index in [0.717, 1.165) is 40.8 Å². The second kappa shape index (κ2) is 5.21. The average Bonchev–Trinajstić information content (AvgIpc) is 3.25. The molecule has 6 heteroatoms. The van der Waals surface area contributed by atoms with E-state index >= 15 is 0 Å². The van der Waals surface area contributed by atoms with Crippen LogP contribution in [0, 0.1) is 0 Å². The van der Waals surface area contributed by atoms with Crippen LogP contribution in [0.1, 0.15) is 5.01 Å². The number of hydrogen-bond donors (Lipinski definition) is 3. The lowest BCUT2D eigenvalue weighted by Crippen LogP contribution is -2.33. The first-order chi connectivity index (χ1) is 10.4. The minimum Gasteiger partial charge on any atom is -0.360 e. The van der Waals surface area contributed by atoms with Gasteiger partial charge in [-0.25, -0.2) is 4.98 Å². The lowest BCUT2D eigenvalue weighted by atomic mass is 10.1. The van der Waals surface area contributed by atoms with E-state index in [0.29, 0.717) is 6.54 Å². The number of fused-ring (bicyclic) bond motifs is 1. The molecule has 106 valence electrons. The molecule has 0 aliphatic carbocycles. The number of hydrogen-bond acceptors (Lipinski definition) is 5. The summed E-state index contributed by atoms with van der Waals surface area (Å²) < 4.78 is 0. The van der Waals surface area contributed by atoms with Crippen molar-refractivity contribution in [2.75, 3.05) is 13.1 Å². The lowest BCUT2D eigenvalue weighted by molar-refractivity contribution is 0.860. The van der Waals surface area contributed by atoms with Gasteiger partial charge in [-0.1, -0.05) is 18.2 Å². The Bertz CT molecular complexity index is 801. The van der Waals surface area contributed by atoms with Gasteiger partial charge >= 0.3 is 0 Å². The third kappa shape index (κ3) is 2.38. The van der Waals surface area contributed by atoms with E-state index in [1.807, 2.05) is 12.3 Å². The molecule has 0 unspecified atom stereocenters. The fourth-order valence-corrected chi connectivity index (χ4v) is 3.21. The minimum absolute atomic E-state index is 0.707. The number of rotatable bonds is 3. The Morgan fingerprint density at radius 3 is 3.14 bits per heavy atom. The number of aromatic nitrogens is 2. The molecule has 0 saturated carbocycles. The Kier molecular flexibility index (Phi) is 3.08. The van der Waals surface area contributed by atoms with Crippen molar-refractivity contribution < 1.29 is 0 Å². The van der Waals surface area contributed by atoms with E-state index in [9.17, 15) is 0 Å². The Morgan fingerprint density at radius 1 is 1.29 bits per heavy atom. The normalized spacial score (nSPS) is 14.2. The number of para-hydroxylation sites is 1. The summed E-state index contributed by atoms with van der Waals surface area (Å²) in [6.45, 7) is 2.47. The molecule has 4 rings (SSSR count). The molecule has 0 radical (unpaired) electrons. The Hall–Kier alpha value is -2.34. The van der Waals surface area contributed by atoms with Gasteiger partial charge < -0.3 is 15.6 Å². The van der Waals surface area contributed by atoms with Crippen molar-refractivity contribution in [2.24, 2.45) is 4.99 Å². The van der Waals surface area contributed by atoms with E-state index in [4.69, 9.17) is 4.98 Å². The summed E-state index contributed by atoms with van der Waals surface area (Å²) in [4.78, 5) is 12.3. The molecule has 0 fully saturated rings. The third-order valence-corrected chi connectivity index (χ3v) is 4.35. The zero-order valence-corrected chi connectivity index (χ0v) is 12.2. The summed E-state index contributed by atoms with van der Waals surface area (Å²) in [7, 11) is 0. The summed E-state index contributed by atoms with van der Waals surface area (Å²) in [6.07, 6.45) is 2.03. The van der Waals surface area contributed by atoms with Gasteiger partial charge in [0.1, 0.15) is 5.01 Å². The SMILES string of the molecule is c1ccc2c(-c3csc(CNC4=NCCN4)n3)c[nH]c2c1. The van der Waals surface area contributed by atoms with Crippen LogP contribution in [-0.2, 0) is 6.54 Å². The Morgan fingerprint density at radius 2 is 2.24 bits per heavy atom. The zero-order chi connectivity index (χ0) is 14.1. The molecule has 21 heavy (non-hydrogen) atoms. The van der Waals surface area contributed by atoms with Gasteiger partial charge in [0.05, 0.1) is 18.8 Å². The Labute approximate surface area is 126 Å². The van der Waals surface area contributed by atoms with E-state index < -0.39 is 0 Å². The maximum Gasteiger partial charge on any atom is 0.191 e. The molecule has 0 atom stereocenters. The first kappa shape index (κ1) is 12.4. The van der Waals surface area contributed by atoms with Crippen LogP contribution in [0.3, 0.4) is 0 Å². The fourth-order valence-electron chi connectivity index (χ4n) is 2.47. The summed E-state index contributed by atoms with van der Waals surface area (Å²) in [5, 5.41) is 10.9. The lowest BCUT2D eigenvalue weighted by Gasteiger charge is -2.03. The molecule has 0 bridgehead atoms. The summed E-state index contributed by atoms with van der Waals surface area (Å²) in [5.74, 6) is 0.874. The van der Waals surface area contributed by atoms with Crippen molar-refractivity contribution in [1.29, 1.82) is 0 Å². The maximum absolute atomic E-state index is 4.72. The molecular weight excluding hydrogens is 282 g/mol. The highest BCUT2D eigenvalue weighted by Crippen LogP contribution is 2.29. The van der Waals surface area contributed by atoms with Gasteiger partial charge in [-0.3, -0.25) is 4.99 Å². The molecular formula is C15H15N5S. The van der Waals surface area contributed by atoms with Crippen molar-refractivity contribution in [1.82, 2.24) is 20.6 Å².